The van der Waals surface area contributed by atoms with Gasteiger partial charge < -0.3 is 19.2 Å². The first-order chi connectivity index (χ1) is 10.5. The summed E-state index contributed by atoms with van der Waals surface area (Å²) < 4.78 is 10.9. The summed E-state index contributed by atoms with van der Waals surface area (Å²) in [4.78, 5) is 16.5. The van der Waals surface area contributed by atoms with Crippen LogP contribution in [-0.2, 0) is 11.3 Å². The van der Waals surface area contributed by atoms with Crippen molar-refractivity contribution < 1.29 is 19.1 Å². The predicted molar refractivity (Wildman–Crippen MR) is 80.5 cm³/mol. The van der Waals surface area contributed by atoms with Gasteiger partial charge in [-0.1, -0.05) is 6.92 Å². The Morgan fingerprint density at radius 2 is 2.18 bits per heavy atom. The Hall–Kier alpha value is -1.37. The summed E-state index contributed by atoms with van der Waals surface area (Å²) >= 11 is 0. The molecule has 0 saturated carbocycles. The van der Waals surface area contributed by atoms with Crippen molar-refractivity contribution >= 4 is 5.91 Å². The van der Waals surface area contributed by atoms with Crippen molar-refractivity contribution in [1.82, 2.24) is 9.80 Å². The third kappa shape index (κ3) is 3.19. The smallest absolute Gasteiger partial charge is 0.257 e. The number of likely N-dealkylation sites (tertiary alicyclic amines) is 1. The van der Waals surface area contributed by atoms with E-state index in [2.05, 4.69) is 4.90 Å². The average Bonchev–Trinajstić information content (AvgIpc) is 3.05. The molecule has 1 aromatic heterocycles. The molecule has 0 unspecified atom stereocenters. The van der Waals surface area contributed by atoms with Gasteiger partial charge in [-0.05, 0) is 13.0 Å². The molecule has 0 bridgehead atoms. The number of furan rings is 1. The minimum atomic E-state index is -0.809. The molecule has 0 aromatic carbocycles. The number of hydrogen-bond donors (Lipinski definition) is 1. The Morgan fingerprint density at radius 1 is 1.45 bits per heavy atom. The maximum atomic E-state index is 12.5. The molecule has 3 heterocycles. The fourth-order valence-corrected chi connectivity index (χ4v) is 3.03. The standard InChI is InChI=1S/C16H24N2O4/c1-12-8-18(11-16(12,2)20)15(19)13-7-14(22-10-13)9-17-3-5-21-6-4-17/h7,10,12,20H,3-6,8-9,11H2,1-2H3/t12-,16+/m0/s1. The first-order valence-electron chi connectivity index (χ1n) is 7.85. The first kappa shape index (κ1) is 15.5. The van der Waals surface area contributed by atoms with Crippen LogP contribution in [0.3, 0.4) is 0 Å². The second-order valence-corrected chi connectivity index (χ2v) is 6.63. The maximum Gasteiger partial charge on any atom is 0.257 e. The zero-order valence-corrected chi connectivity index (χ0v) is 13.2. The molecule has 122 valence electrons. The number of β-amino-alcohol motifs (C(OH)–C–C–N with tert-alkyl or cyclic N) is 1. The van der Waals surface area contributed by atoms with Crippen molar-refractivity contribution in [3.63, 3.8) is 0 Å². The largest absolute Gasteiger partial charge is 0.467 e. The van der Waals surface area contributed by atoms with E-state index in [1.165, 1.54) is 6.26 Å². The normalized spacial score (nSPS) is 30.0. The van der Waals surface area contributed by atoms with Crippen molar-refractivity contribution in [2.45, 2.75) is 26.0 Å². The second kappa shape index (κ2) is 6.02. The highest BCUT2D eigenvalue weighted by Crippen LogP contribution is 2.28. The van der Waals surface area contributed by atoms with Crippen LogP contribution >= 0.6 is 0 Å². The second-order valence-electron chi connectivity index (χ2n) is 6.63. The van der Waals surface area contributed by atoms with Crippen molar-refractivity contribution in [3.05, 3.63) is 23.7 Å². The summed E-state index contributed by atoms with van der Waals surface area (Å²) in [6.45, 7) is 8.65. The van der Waals surface area contributed by atoms with Gasteiger partial charge >= 0.3 is 0 Å². The molecule has 0 radical (unpaired) electrons. The third-order valence-electron chi connectivity index (χ3n) is 4.74. The van der Waals surface area contributed by atoms with E-state index in [1.807, 2.05) is 13.0 Å². The summed E-state index contributed by atoms with van der Waals surface area (Å²) in [6, 6.07) is 1.81. The van der Waals surface area contributed by atoms with Gasteiger partial charge in [-0.15, -0.1) is 0 Å². The van der Waals surface area contributed by atoms with Gasteiger partial charge in [-0.3, -0.25) is 9.69 Å². The number of morpholine rings is 1. The lowest BCUT2D eigenvalue weighted by molar-refractivity contribution is 0.0313. The predicted octanol–water partition coefficient (Wildman–Crippen LogP) is 0.955. The van der Waals surface area contributed by atoms with Gasteiger partial charge in [0.05, 0.1) is 30.9 Å². The lowest BCUT2D eigenvalue weighted by Crippen LogP contribution is -2.35. The van der Waals surface area contributed by atoms with Crippen LogP contribution < -0.4 is 0 Å². The molecule has 0 spiro atoms. The fraction of sp³-hybridized carbons (Fsp3) is 0.688. The van der Waals surface area contributed by atoms with E-state index >= 15 is 0 Å². The van der Waals surface area contributed by atoms with E-state index in [9.17, 15) is 9.90 Å². The lowest BCUT2D eigenvalue weighted by Gasteiger charge is -2.25. The summed E-state index contributed by atoms with van der Waals surface area (Å²) in [5.74, 6) is 0.807. The van der Waals surface area contributed by atoms with Crippen LogP contribution in [0.4, 0.5) is 0 Å². The molecule has 6 heteroatoms. The highest BCUT2D eigenvalue weighted by molar-refractivity contribution is 5.94. The van der Waals surface area contributed by atoms with Gasteiger partial charge in [-0.25, -0.2) is 0 Å². The molecule has 2 aliphatic heterocycles. The van der Waals surface area contributed by atoms with Crippen LogP contribution in [0.5, 0.6) is 0 Å². The van der Waals surface area contributed by atoms with E-state index in [1.54, 1.807) is 11.8 Å². The van der Waals surface area contributed by atoms with E-state index in [0.717, 1.165) is 32.1 Å². The van der Waals surface area contributed by atoms with E-state index < -0.39 is 5.60 Å². The Labute approximate surface area is 130 Å². The summed E-state index contributed by atoms with van der Waals surface area (Å²) in [6.07, 6.45) is 1.52. The van der Waals surface area contributed by atoms with Crippen LogP contribution in [0.1, 0.15) is 30.0 Å². The first-order valence-corrected chi connectivity index (χ1v) is 7.85. The van der Waals surface area contributed by atoms with Crippen LogP contribution in [0.15, 0.2) is 16.7 Å². The Kier molecular flexibility index (Phi) is 4.25. The monoisotopic (exact) mass is 308 g/mol. The Bertz CT molecular complexity index is 534. The van der Waals surface area contributed by atoms with Crippen molar-refractivity contribution in [2.24, 2.45) is 5.92 Å². The highest BCUT2D eigenvalue weighted by atomic mass is 16.5. The van der Waals surface area contributed by atoms with Gasteiger partial charge in [-0.2, -0.15) is 0 Å². The molecule has 2 fully saturated rings. The van der Waals surface area contributed by atoms with E-state index in [4.69, 9.17) is 9.15 Å². The summed E-state index contributed by atoms with van der Waals surface area (Å²) in [5.41, 5.74) is -0.246. The number of amides is 1. The van der Waals surface area contributed by atoms with Crippen LogP contribution in [0.2, 0.25) is 0 Å². The number of aliphatic hydroxyl groups is 1. The van der Waals surface area contributed by atoms with E-state index in [-0.39, 0.29) is 11.8 Å². The molecule has 2 saturated heterocycles. The summed E-state index contributed by atoms with van der Waals surface area (Å²) in [7, 11) is 0. The minimum absolute atomic E-state index is 0.0680. The number of nitrogens with zero attached hydrogens (tertiary/aromatic N) is 2. The molecule has 3 rings (SSSR count). The number of hydrogen-bond acceptors (Lipinski definition) is 5. The molecule has 0 aliphatic carbocycles. The van der Waals surface area contributed by atoms with Crippen molar-refractivity contribution in [3.8, 4) is 0 Å². The lowest BCUT2D eigenvalue weighted by atomic mass is 9.95. The zero-order valence-electron chi connectivity index (χ0n) is 13.2. The van der Waals surface area contributed by atoms with Crippen LogP contribution in [-0.4, -0.2) is 65.8 Å². The van der Waals surface area contributed by atoms with Gasteiger partial charge in [0.1, 0.15) is 12.0 Å². The quantitative estimate of drug-likeness (QED) is 0.901. The van der Waals surface area contributed by atoms with E-state index in [0.29, 0.717) is 25.2 Å². The summed E-state index contributed by atoms with van der Waals surface area (Å²) in [5, 5.41) is 10.2. The molecule has 2 atom stereocenters. The number of carbonyl (C=O) groups is 1. The third-order valence-corrected chi connectivity index (χ3v) is 4.74. The number of carbonyl (C=O) groups excluding carboxylic acids is 1. The minimum Gasteiger partial charge on any atom is -0.467 e. The molecule has 6 nitrogen and oxygen atoms in total. The molecule has 1 amide bonds. The van der Waals surface area contributed by atoms with Crippen molar-refractivity contribution in [1.29, 1.82) is 0 Å². The van der Waals surface area contributed by atoms with Gasteiger partial charge in [0.2, 0.25) is 0 Å². The van der Waals surface area contributed by atoms with Gasteiger partial charge in [0, 0.05) is 32.1 Å². The highest BCUT2D eigenvalue weighted by Gasteiger charge is 2.40. The Morgan fingerprint density at radius 3 is 2.82 bits per heavy atom. The van der Waals surface area contributed by atoms with Crippen molar-refractivity contribution in [2.75, 3.05) is 39.4 Å². The molecule has 1 N–H and O–H groups in total. The molecular weight excluding hydrogens is 284 g/mol. The zero-order chi connectivity index (χ0) is 15.7. The molecular formula is C16H24N2O4. The SMILES string of the molecule is C[C@H]1CN(C(=O)c2coc(CN3CCOCC3)c2)C[C@@]1(C)O. The van der Waals surface area contributed by atoms with Crippen LogP contribution in [0.25, 0.3) is 0 Å². The van der Waals surface area contributed by atoms with Crippen LogP contribution in [0, 0.1) is 5.92 Å². The maximum absolute atomic E-state index is 12.5. The fourth-order valence-electron chi connectivity index (χ4n) is 3.03. The Balaban J connectivity index is 1.62. The number of ether oxygens (including phenoxy) is 1. The topological polar surface area (TPSA) is 66.2 Å². The molecule has 1 aromatic rings. The molecule has 22 heavy (non-hydrogen) atoms. The number of rotatable bonds is 3. The van der Waals surface area contributed by atoms with Gasteiger partial charge in [0.15, 0.2) is 0 Å². The average molecular weight is 308 g/mol. The van der Waals surface area contributed by atoms with Gasteiger partial charge in [0.25, 0.3) is 5.91 Å². The molecule has 2 aliphatic rings.